The minimum Gasteiger partial charge on any atom is -0.334 e. The summed E-state index contributed by atoms with van der Waals surface area (Å²) in [5.41, 5.74) is -0.525. The normalized spacial score (nSPS) is 10.8. The predicted molar refractivity (Wildman–Crippen MR) is 67.5 cm³/mol. The van der Waals surface area contributed by atoms with E-state index in [9.17, 15) is 9.18 Å². The van der Waals surface area contributed by atoms with Crippen molar-refractivity contribution in [1.29, 1.82) is 5.26 Å². The number of hydrogen-bond donors (Lipinski definition) is 1. The van der Waals surface area contributed by atoms with E-state index >= 15 is 0 Å². The summed E-state index contributed by atoms with van der Waals surface area (Å²) in [5.74, 6) is -1.07. The Labute approximate surface area is 107 Å². The molecular weight excluding hydrogens is 231 g/mol. The van der Waals surface area contributed by atoms with Crippen molar-refractivity contribution in [2.75, 3.05) is 0 Å². The van der Waals surface area contributed by atoms with Crippen LogP contribution in [0.25, 0.3) is 0 Å². The standard InChI is InChI=1S/C14H17FN2O/c1-4-14(5-2,9-16)17-13(18)11-8-6-7-10(3)12(11)15/h6-8H,4-5H2,1-3H3,(H,17,18). The fraction of sp³-hybridized carbons (Fsp3) is 0.429. The molecule has 1 aromatic carbocycles. The maximum absolute atomic E-state index is 13.8. The van der Waals surface area contributed by atoms with E-state index in [2.05, 4.69) is 11.4 Å². The average molecular weight is 248 g/mol. The fourth-order valence-electron chi connectivity index (χ4n) is 1.72. The molecule has 0 saturated heterocycles. The van der Waals surface area contributed by atoms with Crippen molar-refractivity contribution in [2.45, 2.75) is 39.2 Å². The topological polar surface area (TPSA) is 52.9 Å². The molecule has 18 heavy (non-hydrogen) atoms. The van der Waals surface area contributed by atoms with Crippen LogP contribution < -0.4 is 5.32 Å². The maximum atomic E-state index is 13.8. The van der Waals surface area contributed by atoms with Crippen molar-refractivity contribution in [3.8, 4) is 6.07 Å². The summed E-state index contributed by atoms with van der Waals surface area (Å²) in [7, 11) is 0. The van der Waals surface area contributed by atoms with Crippen LogP contribution in [0.3, 0.4) is 0 Å². The van der Waals surface area contributed by atoms with Gasteiger partial charge in [0.05, 0.1) is 11.6 Å². The Balaban J connectivity index is 3.03. The molecule has 1 amide bonds. The lowest BCUT2D eigenvalue weighted by molar-refractivity contribution is 0.0911. The highest BCUT2D eigenvalue weighted by Crippen LogP contribution is 2.17. The molecule has 0 aliphatic rings. The number of nitrogens with zero attached hydrogens (tertiary/aromatic N) is 1. The van der Waals surface area contributed by atoms with E-state index in [1.807, 2.05) is 13.8 Å². The fourth-order valence-corrected chi connectivity index (χ4v) is 1.72. The minimum absolute atomic E-state index is 0.0171. The molecule has 0 bridgehead atoms. The van der Waals surface area contributed by atoms with Crippen LogP contribution >= 0.6 is 0 Å². The van der Waals surface area contributed by atoms with Gasteiger partial charge in [0, 0.05) is 0 Å². The van der Waals surface area contributed by atoms with Crippen molar-refractivity contribution in [3.63, 3.8) is 0 Å². The highest BCUT2D eigenvalue weighted by molar-refractivity contribution is 5.95. The molecule has 1 aromatic rings. The number of nitrogens with one attached hydrogen (secondary N) is 1. The van der Waals surface area contributed by atoms with E-state index in [-0.39, 0.29) is 5.56 Å². The van der Waals surface area contributed by atoms with E-state index in [0.29, 0.717) is 18.4 Å². The molecular formula is C14H17FN2O. The van der Waals surface area contributed by atoms with Gasteiger partial charge in [0.2, 0.25) is 0 Å². The molecule has 96 valence electrons. The lowest BCUT2D eigenvalue weighted by atomic mass is 9.94. The molecule has 0 radical (unpaired) electrons. The number of halogens is 1. The second-order valence-corrected chi connectivity index (χ2v) is 4.29. The molecule has 1 N–H and O–H groups in total. The Bertz CT molecular complexity index is 487. The number of rotatable bonds is 4. The molecule has 0 unspecified atom stereocenters. The van der Waals surface area contributed by atoms with Crippen LogP contribution in [0.5, 0.6) is 0 Å². The molecule has 1 rings (SSSR count). The highest BCUT2D eigenvalue weighted by Gasteiger charge is 2.29. The zero-order chi connectivity index (χ0) is 13.8. The van der Waals surface area contributed by atoms with Crippen LogP contribution in [0, 0.1) is 24.1 Å². The van der Waals surface area contributed by atoms with Gasteiger partial charge in [-0.05, 0) is 31.4 Å². The number of carbonyl (C=O) groups excluding carboxylic acids is 1. The Hall–Kier alpha value is -1.89. The van der Waals surface area contributed by atoms with Gasteiger partial charge in [-0.2, -0.15) is 5.26 Å². The van der Waals surface area contributed by atoms with E-state index in [1.54, 1.807) is 19.1 Å². The predicted octanol–water partition coefficient (Wildman–Crippen LogP) is 2.95. The summed E-state index contributed by atoms with van der Waals surface area (Å²) in [6, 6.07) is 6.74. The van der Waals surface area contributed by atoms with Crippen LogP contribution in [-0.2, 0) is 0 Å². The summed E-state index contributed by atoms with van der Waals surface area (Å²) in [5, 5.41) is 11.8. The SMILES string of the molecule is CCC(C#N)(CC)NC(=O)c1cccc(C)c1F. The molecule has 0 saturated carbocycles. The molecule has 0 aliphatic heterocycles. The number of benzene rings is 1. The first-order valence-corrected chi connectivity index (χ1v) is 5.98. The Morgan fingerprint density at radius 2 is 2.06 bits per heavy atom. The second kappa shape index (κ2) is 5.63. The third kappa shape index (κ3) is 2.67. The average Bonchev–Trinajstić information content (AvgIpc) is 2.39. The number of hydrogen-bond acceptors (Lipinski definition) is 2. The Kier molecular flexibility index (Phi) is 4.43. The van der Waals surface area contributed by atoms with Crippen molar-refractivity contribution in [1.82, 2.24) is 5.32 Å². The van der Waals surface area contributed by atoms with Gasteiger partial charge in [-0.15, -0.1) is 0 Å². The van der Waals surface area contributed by atoms with Crippen LogP contribution in [0.2, 0.25) is 0 Å². The zero-order valence-corrected chi connectivity index (χ0v) is 10.9. The summed E-state index contributed by atoms with van der Waals surface area (Å²) in [6.45, 7) is 5.24. The molecule has 3 nitrogen and oxygen atoms in total. The third-order valence-electron chi connectivity index (χ3n) is 3.21. The second-order valence-electron chi connectivity index (χ2n) is 4.29. The lowest BCUT2D eigenvalue weighted by Crippen LogP contribution is -2.46. The number of amides is 1. The van der Waals surface area contributed by atoms with Gasteiger partial charge < -0.3 is 5.32 Å². The van der Waals surface area contributed by atoms with Gasteiger partial charge in [0.1, 0.15) is 11.4 Å². The summed E-state index contributed by atoms with van der Waals surface area (Å²) in [4.78, 5) is 12.0. The van der Waals surface area contributed by atoms with Crippen molar-refractivity contribution in [2.24, 2.45) is 0 Å². The van der Waals surface area contributed by atoms with Crippen LogP contribution in [0.4, 0.5) is 4.39 Å². The van der Waals surface area contributed by atoms with Gasteiger partial charge in [-0.1, -0.05) is 26.0 Å². The molecule has 0 fully saturated rings. The maximum Gasteiger partial charge on any atom is 0.255 e. The van der Waals surface area contributed by atoms with Crippen molar-refractivity contribution >= 4 is 5.91 Å². The Morgan fingerprint density at radius 3 is 2.56 bits per heavy atom. The summed E-state index contributed by atoms with van der Waals surface area (Å²) < 4.78 is 13.8. The largest absolute Gasteiger partial charge is 0.334 e. The van der Waals surface area contributed by atoms with Gasteiger partial charge in [-0.25, -0.2) is 4.39 Å². The minimum atomic E-state index is -0.923. The van der Waals surface area contributed by atoms with Crippen LogP contribution in [0.15, 0.2) is 18.2 Å². The highest BCUT2D eigenvalue weighted by atomic mass is 19.1. The van der Waals surface area contributed by atoms with Gasteiger partial charge in [0.15, 0.2) is 0 Å². The quantitative estimate of drug-likeness (QED) is 0.890. The van der Waals surface area contributed by atoms with E-state index in [4.69, 9.17) is 5.26 Å². The summed E-state index contributed by atoms with van der Waals surface area (Å²) >= 11 is 0. The van der Waals surface area contributed by atoms with E-state index in [0.717, 1.165) is 0 Å². The van der Waals surface area contributed by atoms with E-state index < -0.39 is 17.3 Å². The van der Waals surface area contributed by atoms with Crippen LogP contribution in [-0.4, -0.2) is 11.4 Å². The molecule has 0 heterocycles. The monoisotopic (exact) mass is 248 g/mol. The lowest BCUT2D eigenvalue weighted by Gasteiger charge is -2.25. The van der Waals surface area contributed by atoms with Gasteiger partial charge in [0.25, 0.3) is 5.91 Å². The van der Waals surface area contributed by atoms with E-state index in [1.165, 1.54) is 6.07 Å². The summed E-state index contributed by atoms with van der Waals surface area (Å²) in [6.07, 6.45) is 0.971. The van der Waals surface area contributed by atoms with Crippen LogP contribution in [0.1, 0.15) is 42.6 Å². The molecule has 0 aromatic heterocycles. The smallest absolute Gasteiger partial charge is 0.255 e. The number of aryl methyl sites for hydroxylation is 1. The van der Waals surface area contributed by atoms with Crippen molar-refractivity contribution < 1.29 is 9.18 Å². The molecule has 0 atom stereocenters. The third-order valence-corrected chi connectivity index (χ3v) is 3.21. The van der Waals surface area contributed by atoms with Gasteiger partial charge in [-0.3, -0.25) is 4.79 Å². The van der Waals surface area contributed by atoms with Crippen molar-refractivity contribution in [3.05, 3.63) is 35.1 Å². The molecule has 4 heteroatoms. The van der Waals surface area contributed by atoms with Gasteiger partial charge >= 0.3 is 0 Å². The molecule has 0 aliphatic carbocycles. The first-order chi connectivity index (χ1) is 8.49. The Morgan fingerprint density at radius 1 is 1.44 bits per heavy atom. The number of carbonyl (C=O) groups is 1. The zero-order valence-electron chi connectivity index (χ0n) is 10.9. The first-order valence-electron chi connectivity index (χ1n) is 5.98. The number of nitriles is 1. The first kappa shape index (κ1) is 14.2. The molecule has 0 spiro atoms.